The molecule has 184 valence electrons. The Kier molecular flexibility index (Phi) is 6.08. The summed E-state index contributed by atoms with van der Waals surface area (Å²) in [5.41, 5.74) is 1.25. The van der Waals surface area contributed by atoms with E-state index in [1.54, 1.807) is 24.3 Å². The highest BCUT2D eigenvalue weighted by atomic mass is 127. The van der Waals surface area contributed by atoms with Crippen LogP contribution in [0.15, 0.2) is 48.5 Å². The second-order valence-electron chi connectivity index (χ2n) is 8.89. The summed E-state index contributed by atoms with van der Waals surface area (Å²) in [6.45, 7) is 0. The van der Waals surface area contributed by atoms with Gasteiger partial charge in [-0.1, -0.05) is 24.3 Å². The van der Waals surface area contributed by atoms with E-state index >= 15 is 0 Å². The maximum atomic E-state index is 14.8. The molecular formula is C22H17F4I2O5S-. The standard InChI is InChI=1S/C22H18F4I2O5S/c23-21(24,22(25,26)34(29,30)31)17-10-11-9-16(17)19-18(11)32-20(33-19,12-1-5-14(27)6-2-12)13-3-7-15(28)8-4-13/h1-8,11,16-19H,9-10H2,(H,29,30,31)/p-1. The van der Waals surface area contributed by atoms with Gasteiger partial charge in [0.2, 0.25) is 5.79 Å². The molecule has 2 aliphatic carbocycles. The smallest absolute Gasteiger partial charge is 0.396 e. The van der Waals surface area contributed by atoms with Gasteiger partial charge in [0, 0.05) is 24.2 Å². The molecule has 3 fully saturated rings. The molecule has 0 amide bonds. The lowest BCUT2D eigenvalue weighted by Gasteiger charge is -2.38. The predicted molar refractivity (Wildman–Crippen MR) is 128 cm³/mol. The van der Waals surface area contributed by atoms with E-state index in [0.29, 0.717) is 11.1 Å². The molecule has 0 spiro atoms. The van der Waals surface area contributed by atoms with Gasteiger partial charge in [0.15, 0.2) is 10.1 Å². The molecule has 34 heavy (non-hydrogen) atoms. The zero-order valence-electron chi connectivity index (χ0n) is 17.1. The monoisotopic (exact) mass is 723 g/mol. The molecule has 1 aliphatic heterocycles. The number of hydrogen-bond donors (Lipinski definition) is 0. The molecule has 1 heterocycles. The van der Waals surface area contributed by atoms with Gasteiger partial charge in [-0.2, -0.15) is 17.6 Å². The Balaban J connectivity index is 1.53. The van der Waals surface area contributed by atoms with Crippen LogP contribution in [0.3, 0.4) is 0 Å². The van der Waals surface area contributed by atoms with Gasteiger partial charge in [0.1, 0.15) is 0 Å². The van der Waals surface area contributed by atoms with Crippen molar-refractivity contribution >= 4 is 55.3 Å². The van der Waals surface area contributed by atoms with Gasteiger partial charge in [0.05, 0.1) is 12.2 Å². The molecule has 0 radical (unpaired) electrons. The second-order valence-corrected chi connectivity index (χ2v) is 12.8. The molecule has 5 nitrogen and oxygen atoms in total. The van der Waals surface area contributed by atoms with Crippen molar-refractivity contribution < 1.29 is 40.0 Å². The van der Waals surface area contributed by atoms with Gasteiger partial charge in [0.25, 0.3) is 0 Å². The third-order valence-electron chi connectivity index (χ3n) is 7.08. The van der Waals surface area contributed by atoms with Crippen LogP contribution in [0, 0.1) is 24.9 Å². The lowest BCUT2D eigenvalue weighted by Crippen LogP contribution is -2.55. The molecule has 0 aromatic heterocycles. The minimum atomic E-state index is -6.56. The molecule has 2 bridgehead atoms. The third-order valence-corrected chi connectivity index (χ3v) is 9.42. The van der Waals surface area contributed by atoms with Crippen LogP contribution in [0.2, 0.25) is 0 Å². The van der Waals surface area contributed by atoms with E-state index in [1.807, 2.05) is 24.3 Å². The quantitative estimate of drug-likeness (QED) is 0.238. The Morgan fingerprint density at radius 1 is 0.853 bits per heavy atom. The van der Waals surface area contributed by atoms with E-state index in [1.165, 1.54) is 0 Å². The van der Waals surface area contributed by atoms with Gasteiger partial charge in [-0.25, -0.2) is 8.42 Å². The van der Waals surface area contributed by atoms with Crippen LogP contribution in [0.5, 0.6) is 0 Å². The first-order valence-corrected chi connectivity index (χ1v) is 13.9. The van der Waals surface area contributed by atoms with Crippen molar-refractivity contribution in [1.82, 2.24) is 0 Å². The molecule has 1 saturated heterocycles. The number of benzene rings is 2. The van der Waals surface area contributed by atoms with Crippen molar-refractivity contribution in [2.45, 2.75) is 42.0 Å². The Hall–Kier alpha value is -0.550. The van der Waals surface area contributed by atoms with E-state index in [9.17, 15) is 30.5 Å². The summed E-state index contributed by atoms with van der Waals surface area (Å²) >= 11 is 4.28. The number of rotatable bonds is 5. The van der Waals surface area contributed by atoms with Crippen LogP contribution in [-0.2, 0) is 25.4 Å². The Morgan fingerprint density at radius 3 is 1.79 bits per heavy atom. The fourth-order valence-corrected chi connectivity index (χ4v) is 6.76. The first kappa shape index (κ1) is 25.1. The maximum absolute atomic E-state index is 14.8. The maximum Gasteiger partial charge on any atom is 0.396 e. The van der Waals surface area contributed by atoms with Crippen molar-refractivity contribution in [2.24, 2.45) is 17.8 Å². The minimum absolute atomic E-state index is 0.125. The molecule has 5 atom stereocenters. The highest BCUT2D eigenvalue weighted by molar-refractivity contribution is 14.1. The van der Waals surface area contributed by atoms with Crippen LogP contribution >= 0.6 is 45.2 Å². The lowest BCUT2D eigenvalue weighted by molar-refractivity contribution is -0.213. The number of halogens is 6. The van der Waals surface area contributed by atoms with E-state index in [-0.39, 0.29) is 12.8 Å². The summed E-state index contributed by atoms with van der Waals surface area (Å²) in [4.78, 5) is 0. The van der Waals surface area contributed by atoms with Crippen LogP contribution in [0.25, 0.3) is 0 Å². The average molecular weight is 723 g/mol. The highest BCUT2D eigenvalue weighted by Crippen LogP contribution is 2.63. The van der Waals surface area contributed by atoms with Gasteiger partial charge in [-0.15, -0.1) is 0 Å². The molecule has 2 aromatic rings. The van der Waals surface area contributed by atoms with E-state index in [4.69, 9.17) is 9.47 Å². The number of alkyl halides is 4. The van der Waals surface area contributed by atoms with Gasteiger partial charge in [-0.05, 0) is 94.1 Å². The average Bonchev–Trinajstić information content (AvgIpc) is 3.45. The van der Waals surface area contributed by atoms with Crippen molar-refractivity contribution in [3.63, 3.8) is 0 Å². The normalized spacial score (nSPS) is 30.5. The van der Waals surface area contributed by atoms with Crippen LogP contribution in [-0.4, -0.2) is 36.4 Å². The van der Waals surface area contributed by atoms with Gasteiger partial charge in [-0.3, -0.25) is 0 Å². The molecule has 0 N–H and O–H groups in total. The first-order valence-electron chi connectivity index (χ1n) is 10.4. The molecule has 5 rings (SSSR count). The number of fused-ring (bicyclic) bond motifs is 5. The van der Waals surface area contributed by atoms with E-state index in [2.05, 4.69) is 45.2 Å². The summed E-state index contributed by atoms with van der Waals surface area (Å²) in [6.07, 6.45) is -1.85. The third kappa shape index (κ3) is 3.64. The van der Waals surface area contributed by atoms with Gasteiger partial charge >= 0.3 is 11.2 Å². The zero-order valence-corrected chi connectivity index (χ0v) is 22.3. The highest BCUT2D eigenvalue weighted by Gasteiger charge is 2.73. The van der Waals surface area contributed by atoms with Gasteiger partial charge < -0.3 is 14.0 Å². The van der Waals surface area contributed by atoms with Crippen molar-refractivity contribution in [2.75, 3.05) is 0 Å². The Morgan fingerprint density at radius 2 is 1.32 bits per heavy atom. The molecule has 2 saturated carbocycles. The number of ether oxygens (including phenoxy) is 2. The second kappa shape index (κ2) is 8.23. The number of hydrogen-bond acceptors (Lipinski definition) is 5. The summed E-state index contributed by atoms with van der Waals surface area (Å²) < 4.78 is 105. The molecule has 2 aromatic carbocycles. The first-order chi connectivity index (χ1) is 15.8. The summed E-state index contributed by atoms with van der Waals surface area (Å²) in [6, 6.07) is 14.6. The summed E-state index contributed by atoms with van der Waals surface area (Å²) in [5.74, 6) is -10.1. The van der Waals surface area contributed by atoms with Crippen molar-refractivity contribution in [3.8, 4) is 0 Å². The molecule has 3 aliphatic rings. The lowest BCUT2D eigenvalue weighted by atomic mass is 9.81. The van der Waals surface area contributed by atoms with Crippen molar-refractivity contribution in [1.29, 1.82) is 0 Å². The van der Waals surface area contributed by atoms with E-state index in [0.717, 1.165) is 7.14 Å². The van der Waals surface area contributed by atoms with Crippen LogP contribution in [0.1, 0.15) is 24.0 Å². The predicted octanol–water partition coefficient (Wildman–Crippen LogP) is 5.31. The van der Waals surface area contributed by atoms with Crippen LogP contribution < -0.4 is 0 Å². The summed E-state index contributed by atoms with van der Waals surface area (Å²) in [5, 5.41) is -5.71. The Labute approximate surface area is 220 Å². The minimum Gasteiger partial charge on any atom is -0.743 e. The fraction of sp³-hybridized carbons (Fsp3) is 0.455. The summed E-state index contributed by atoms with van der Waals surface area (Å²) in [7, 11) is -6.56. The van der Waals surface area contributed by atoms with Crippen molar-refractivity contribution in [3.05, 3.63) is 66.8 Å². The topological polar surface area (TPSA) is 75.7 Å². The molecule has 12 heteroatoms. The van der Waals surface area contributed by atoms with Crippen LogP contribution in [0.4, 0.5) is 17.6 Å². The molecule has 5 unspecified atom stereocenters. The SMILES string of the molecule is O=S(=O)([O-])C(F)(F)C(F)(F)C1CC2CC1C1OC(c3ccc(I)cc3)(c3ccc(I)cc3)OC21. The zero-order chi connectivity index (χ0) is 24.7. The Bertz CT molecular complexity index is 1160. The molecular weight excluding hydrogens is 706 g/mol. The largest absolute Gasteiger partial charge is 0.743 e. The fourth-order valence-electron chi connectivity index (χ4n) is 5.56. The van der Waals surface area contributed by atoms with E-state index < -0.39 is 57.0 Å².